The number of amides is 2. The average molecular weight is 382 g/mol. The third kappa shape index (κ3) is 5.20. The predicted octanol–water partition coefficient (Wildman–Crippen LogP) is 2.58. The number of likely N-dealkylation sites (tertiary alicyclic amines) is 1. The fraction of sp³-hybridized carbons (Fsp3) is 0.556. The summed E-state index contributed by atoms with van der Waals surface area (Å²) in [5.41, 5.74) is 1.10. The number of piperidine rings is 1. The monoisotopic (exact) mass is 382 g/mol. The highest BCUT2D eigenvalue weighted by molar-refractivity contribution is 7.91. The van der Waals surface area contributed by atoms with E-state index >= 15 is 0 Å². The Balaban J connectivity index is 2.07. The Morgan fingerprint density at radius 2 is 2.00 bits per heavy atom. The van der Waals surface area contributed by atoms with E-state index in [4.69, 9.17) is 0 Å². The Morgan fingerprint density at radius 1 is 1.31 bits per heavy atom. The molecule has 8 heteroatoms. The maximum absolute atomic E-state index is 12.5. The van der Waals surface area contributed by atoms with Crippen LogP contribution in [-0.4, -0.2) is 48.8 Å². The molecule has 7 nitrogen and oxygen atoms in total. The van der Waals surface area contributed by atoms with Crippen molar-refractivity contribution in [1.82, 2.24) is 4.90 Å². The number of aliphatic carboxylic acids is 1. The summed E-state index contributed by atoms with van der Waals surface area (Å²) in [5, 5.41) is 11.5. The molecule has 1 aliphatic rings. The number of carbonyl (C=O) groups excluding carboxylic acids is 1. The van der Waals surface area contributed by atoms with E-state index in [1.54, 1.807) is 38.1 Å². The van der Waals surface area contributed by atoms with Gasteiger partial charge < -0.3 is 15.3 Å². The van der Waals surface area contributed by atoms with Gasteiger partial charge in [-0.15, -0.1) is 0 Å². The van der Waals surface area contributed by atoms with Gasteiger partial charge in [0.05, 0.1) is 16.9 Å². The largest absolute Gasteiger partial charge is 0.481 e. The molecule has 2 amide bonds. The van der Waals surface area contributed by atoms with Crippen LogP contribution in [0.4, 0.5) is 10.5 Å². The molecule has 0 aliphatic carbocycles. The number of carboxylic acids is 1. The van der Waals surface area contributed by atoms with E-state index in [1.807, 2.05) is 6.92 Å². The molecule has 0 spiro atoms. The van der Waals surface area contributed by atoms with E-state index in [0.29, 0.717) is 24.2 Å². The van der Waals surface area contributed by atoms with Crippen LogP contribution in [0.1, 0.15) is 32.8 Å². The van der Waals surface area contributed by atoms with E-state index < -0.39 is 27.0 Å². The van der Waals surface area contributed by atoms with Crippen LogP contribution in [0.2, 0.25) is 0 Å². The van der Waals surface area contributed by atoms with Crippen LogP contribution >= 0.6 is 0 Å². The zero-order chi connectivity index (χ0) is 19.5. The van der Waals surface area contributed by atoms with Crippen LogP contribution < -0.4 is 5.32 Å². The lowest BCUT2D eigenvalue weighted by Crippen LogP contribution is -2.47. The first-order valence-electron chi connectivity index (χ1n) is 8.67. The number of anilines is 1. The lowest BCUT2D eigenvalue weighted by molar-refractivity contribution is -0.143. The molecule has 0 aromatic heterocycles. The molecule has 1 heterocycles. The van der Waals surface area contributed by atoms with Crippen LogP contribution in [0.5, 0.6) is 0 Å². The highest BCUT2D eigenvalue weighted by Crippen LogP contribution is 2.23. The molecule has 0 radical (unpaired) electrons. The van der Waals surface area contributed by atoms with Gasteiger partial charge in [0.1, 0.15) is 0 Å². The quantitative estimate of drug-likeness (QED) is 0.814. The number of carboxylic acid groups (broad SMARTS) is 1. The molecule has 2 unspecified atom stereocenters. The van der Waals surface area contributed by atoms with E-state index in [1.165, 1.54) is 4.90 Å². The highest BCUT2D eigenvalue weighted by Gasteiger charge is 2.32. The number of carbonyl (C=O) groups is 2. The van der Waals surface area contributed by atoms with Crippen molar-refractivity contribution in [2.24, 2.45) is 11.8 Å². The number of nitrogens with zero attached hydrogens (tertiary/aromatic N) is 1. The van der Waals surface area contributed by atoms with Crippen LogP contribution in [0, 0.1) is 11.8 Å². The molecular weight excluding hydrogens is 356 g/mol. The summed E-state index contributed by atoms with van der Waals surface area (Å²) in [6.45, 7) is 5.87. The standard InChI is InChI=1S/C18H26N2O5S/c1-12(2)26(24,25)11-14-5-4-6-16(8-14)19-18(23)20-9-13(3)7-15(10-20)17(21)22/h4-6,8,12-13,15H,7,9-11H2,1-3H3,(H,19,23)(H,21,22). The number of urea groups is 1. The van der Waals surface area contributed by atoms with Crippen molar-refractivity contribution in [3.63, 3.8) is 0 Å². The van der Waals surface area contributed by atoms with Gasteiger partial charge in [0.2, 0.25) is 0 Å². The zero-order valence-corrected chi connectivity index (χ0v) is 16.1. The molecule has 144 valence electrons. The number of benzene rings is 1. The summed E-state index contributed by atoms with van der Waals surface area (Å²) in [6, 6.07) is 6.36. The summed E-state index contributed by atoms with van der Waals surface area (Å²) in [6.07, 6.45) is 0.557. The number of hydrogen-bond acceptors (Lipinski definition) is 4. The first-order valence-corrected chi connectivity index (χ1v) is 10.4. The van der Waals surface area contributed by atoms with Crippen molar-refractivity contribution >= 4 is 27.5 Å². The van der Waals surface area contributed by atoms with Gasteiger partial charge in [0.15, 0.2) is 9.84 Å². The van der Waals surface area contributed by atoms with E-state index in [9.17, 15) is 23.1 Å². The summed E-state index contributed by atoms with van der Waals surface area (Å²) < 4.78 is 24.1. The molecule has 0 bridgehead atoms. The van der Waals surface area contributed by atoms with Crippen molar-refractivity contribution < 1.29 is 23.1 Å². The van der Waals surface area contributed by atoms with Crippen LogP contribution in [-0.2, 0) is 20.4 Å². The minimum atomic E-state index is -3.23. The molecule has 2 N–H and O–H groups in total. The second kappa shape index (κ2) is 8.07. The molecular formula is C18H26N2O5S. The van der Waals surface area contributed by atoms with E-state index in [-0.39, 0.29) is 24.2 Å². The van der Waals surface area contributed by atoms with Gasteiger partial charge in [-0.05, 0) is 43.9 Å². The molecule has 1 aromatic rings. The first kappa shape index (κ1) is 20.2. The van der Waals surface area contributed by atoms with Crippen molar-refractivity contribution in [2.45, 2.75) is 38.2 Å². The van der Waals surface area contributed by atoms with Gasteiger partial charge in [-0.2, -0.15) is 0 Å². The van der Waals surface area contributed by atoms with Gasteiger partial charge >= 0.3 is 12.0 Å². The Morgan fingerprint density at radius 3 is 2.62 bits per heavy atom. The van der Waals surface area contributed by atoms with Gasteiger partial charge in [-0.25, -0.2) is 13.2 Å². The minimum absolute atomic E-state index is 0.0871. The highest BCUT2D eigenvalue weighted by atomic mass is 32.2. The number of rotatable bonds is 5. The van der Waals surface area contributed by atoms with E-state index in [2.05, 4.69) is 5.32 Å². The Labute approximate surface area is 154 Å². The first-order chi connectivity index (χ1) is 12.1. The molecule has 1 aromatic carbocycles. The van der Waals surface area contributed by atoms with Gasteiger partial charge in [-0.1, -0.05) is 19.1 Å². The molecule has 0 saturated carbocycles. The van der Waals surface area contributed by atoms with Gasteiger partial charge in [-0.3, -0.25) is 4.79 Å². The third-order valence-corrected chi connectivity index (χ3v) is 6.73. The molecule has 26 heavy (non-hydrogen) atoms. The Hall–Kier alpha value is -2.09. The van der Waals surface area contributed by atoms with Crippen LogP contribution in [0.3, 0.4) is 0 Å². The normalized spacial score (nSPS) is 20.8. The molecule has 1 aliphatic heterocycles. The molecule has 2 atom stereocenters. The van der Waals surface area contributed by atoms with Crippen molar-refractivity contribution in [3.8, 4) is 0 Å². The minimum Gasteiger partial charge on any atom is -0.481 e. The maximum Gasteiger partial charge on any atom is 0.321 e. The fourth-order valence-corrected chi connectivity index (χ4v) is 4.01. The summed E-state index contributed by atoms with van der Waals surface area (Å²) in [7, 11) is -3.23. The lowest BCUT2D eigenvalue weighted by atomic mass is 9.91. The summed E-state index contributed by atoms with van der Waals surface area (Å²) in [4.78, 5) is 25.2. The van der Waals surface area contributed by atoms with Gasteiger partial charge in [0.25, 0.3) is 0 Å². The van der Waals surface area contributed by atoms with Crippen molar-refractivity contribution in [2.75, 3.05) is 18.4 Å². The van der Waals surface area contributed by atoms with Gasteiger partial charge in [0, 0.05) is 18.8 Å². The second-order valence-corrected chi connectivity index (χ2v) is 9.82. The van der Waals surface area contributed by atoms with Crippen LogP contribution in [0.15, 0.2) is 24.3 Å². The van der Waals surface area contributed by atoms with Crippen molar-refractivity contribution in [3.05, 3.63) is 29.8 Å². The second-order valence-electron chi connectivity index (χ2n) is 7.27. The SMILES string of the molecule is CC1CC(C(=O)O)CN(C(=O)Nc2cccc(CS(=O)(=O)C(C)C)c2)C1. The number of nitrogens with one attached hydrogen (secondary N) is 1. The van der Waals surface area contributed by atoms with E-state index in [0.717, 1.165) is 0 Å². The molecule has 1 saturated heterocycles. The molecule has 2 rings (SSSR count). The maximum atomic E-state index is 12.5. The van der Waals surface area contributed by atoms with Crippen molar-refractivity contribution in [1.29, 1.82) is 0 Å². The zero-order valence-electron chi connectivity index (χ0n) is 15.3. The number of hydrogen-bond donors (Lipinski definition) is 2. The fourth-order valence-electron chi connectivity index (χ4n) is 3.04. The summed E-state index contributed by atoms with van der Waals surface area (Å²) >= 11 is 0. The van der Waals surface area contributed by atoms with Crippen LogP contribution in [0.25, 0.3) is 0 Å². The smallest absolute Gasteiger partial charge is 0.321 e. The topological polar surface area (TPSA) is 104 Å². The lowest BCUT2D eigenvalue weighted by Gasteiger charge is -2.34. The third-order valence-electron chi connectivity index (χ3n) is 4.56. The average Bonchev–Trinajstić information content (AvgIpc) is 2.53. The predicted molar refractivity (Wildman–Crippen MR) is 99.7 cm³/mol. The molecule has 1 fully saturated rings. The number of sulfone groups is 1. The summed E-state index contributed by atoms with van der Waals surface area (Å²) in [5.74, 6) is -1.43. The Bertz CT molecular complexity index is 776. The Kier molecular flexibility index (Phi) is 6.28.